The zero-order valence-electron chi connectivity index (χ0n) is 12.4. The van der Waals surface area contributed by atoms with Gasteiger partial charge >= 0.3 is 0 Å². The molecule has 7 heteroatoms. The molecule has 1 amide bonds. The van der Waals surface area contributed by atoms with E-state index in [-0.39, 0.29) is 23.5 Å². The Balaban J connectivity index is 1.62. The van der Waals surface area contributed by atoms with Gasteiger partial charge in [-0.05, 0) is 30.7 Å². The molecule has 0 radical (unpaired) electrons. The van der Waals surface area contributed by atoms with Gasteiger partial charge in [0.2, 0.25) is 0 Å². The largest absolute Gasteiger partial charge is 0.380 e. The average molecular weight is 331 g/mol. The number of rotatable bonds is 4. The smallest absolute Gasteiger partial charge is 0.274 e. The highest BCUT2D eigenvalue weighted by Crippen LogP contribution is 2.17. The molecule has 0 spiro atoms. The minimum absolute atomic E-state index is 0.0919. The number of carbonyl (C=O) groups excluding carboxylic acids is 1. The summed E-state index contributed by atoms with van der Waals surface area (Å²) in [7, 11) is -2.92. The molecule has 1 aliphatic heterocycles. The van der Waals surface area contributed by atoms with Gasteiger partial charge in [-0.25, -0.2) is 13.4 Å². The summed E-state index contributed by atoms with van der Waals surface area (Å²) >= 11 is 0. The van der Waals surface area contributed by atoms with Crippen molar-refractivity contribution in [1.82, 2.24) is 4.98 Å². The highest BCUT2D eigenvalue weighted by molar-refractivity contribution is 7.91. The third kappa shape index (κ3) is 4.07. The predicted molar refractivity (Wildman–Crippen MR) is 89.3 cm³/mol. The van der Waals surface area contributed by atoms with E-state index in [1.807, 2.05) is 18.2 Å². The Morgan fingerprint density at radius 1 is 1.09 bits per heavy atom. The molecule has 1 aliphatic rings. The maximum Gasteiger partial charge on any atom is 0.274 e. The van der Waals surface area contributed by atoms with Crippen LogP contribution in [0.3, 0.4) is 0 Å². The SMILES string of the molecule is O=C(Nc1ccccc1)c1ccc(NC2CCS(=O)(=O)C2)cn1. The lowest BCUT2D eigenvalue weighted by molar-refractivity contribution is 0.102. The van der Waals surface area contributed by atoms with Crippen LogP contribution < -0.4 is 10.6 Å². The number of sulfone groups is 1. The topological polar surface area (TPSA) is 88.2 Å². The Morgan fingerprint density at radius 2 is 1.87 bits per heavy atom. The van der Waals surface area contributed by atoms with Crippen molar-refractivity contribution in [3.63, 3.8) is 0 Å². The van der Waals surface area contributed by atoms with E-state index >= 15 is 0 Å². The molecule has 1 aromatic carbocycles. The number of benzene rings is 1. The minimum Gasteiger partial charge on any atom is -0.380 e. The molecular formula is C16H17N3O3S. The molecule has 1 unspecified atom stereocenters. The molecule has 1 fully saturated rings. The second-order valence-corrected chi connectivity index (χ2v) is 7.73. The molecule has 0 bridgehead atoms. The number of hydrogen-bond donors (Lipinski definition) is 2. The summed E-state index contributed by atoms with van der Waals surface area (Å²) < 4.78 is 22.9. The van der Waals surface area contributed by atoms with E-state index in [4.69, 9.17) is 0 Å². The molecular weight excluding hydrogens is 314 g/mol. The monoisotopic (exact) mass is 331 g/mol. The number of nitrogens with zero attached hydrogens (tertiary/aromatic N) is 1. The lowest BCUT2D eigenvalue weighted by Crippen LogP contribution is -2.21. The number of pyridine rings is 1. The molecule has 0 aliphatic carbocycles. The molecule has 2 aromatic rings. The van der Waals surface area contributed by atoms with Crippen molar-refractivity contribution in [2.45, 2.75) is 12.5 Å². The van der Waals surface area contributed by atoms with Gasteiger partial charge in [-0.3, -0.25) is 4.79 Å². The second kappa shape index (κ2) is 6.37. The maximum absolute atomic E-state index is 12.1. The molecule has 1 saturated heterocycles. The van der Waals surface area contributed by atoms with Crippen LogP contribution in [0.25, 0.3) is 0 Å². The summed E-state index contributed by atoms with van der Waals surface area (Å²) in [6, 6.07) is 12.4. The maximum atomic E-state index is 12.1. The summed E-state index contributed by atoms with van der Waals surface area (Å²) in [6.07, 6.45) is 2.14. The van der Waals surface area contributed by atoms with E-state index in [1.165, 1.54) is 0 Å². The number of carbonyl (C=O) groups is 1. The van der Waals surface area contributed by atoms with Gasteiger partial charge in [0.05, 0.1) is 23.4 Å². The summed E-state index contributed by atoms with van der Waals surface area (Å²) in [4.78, 5) is 16.2. The van der Waals surface area contributed by atoms with Gasteiger partial charge in [-0.1, -0.05) is 18.2 Å². The third-order valence-electron chi connectivity index (χ3n) is 3.63. The number of aromatic nitrogens is 1. The van der Waals surface area contributed by atoms with Gasteiger partial charge in [0.1, 0.15) is 5.69 Å². The number of para-hydroxylation sites is 1. The van der Waals surface area contributed by atoms with Crippen LogP contribution in [0.15, 0.2) is 48.7 Å². The second-order valence-electron chi connectivity index (χ2n) is 5.50. The number of nitrogens with one attached hydrogen (secondary N) is 2. The minimum atomic E-state index is -2.92. The van der Waals surface area contributed by atoms with Crippen molar-refractivity contribution in [2.75, 3.05) is 22.1 Å². The summed E-state index contributed by atoms with van der Waals surface area (Å²) in [5.41, 5.74) is 1.72. The summed E-state index contributed by atoms with van der Waals surface area (Å²) in [5, 5.41) is 5.90. The van der Waals surface area contributed by atoms with Crippen LogP contribution >= 0.6 is 0 Å². The van der Waals surface area contributed by atoms with Crippen LogP contribution in [0.2, 0.25) is 0 Å². The fraction of sp³-hybridized carbons (Fsp3) is 0.250. The average Bonchev–Trinajstić information content (AvgIpc) is 2.88. The van der Waals surface area contributed by atoms with Crippen molar-refractivity contribution in [1.29, 1.82) is 0 Å². The van der Waals surface area contributed by atoms with E-state index in [2.05, 4.69) is 15.6 Å². The van der Waals surface area contributed by atoms with E-state index in [0.717, 1.165) is 0 Å². The molecule has 0 saturated carbocycles. The Hall–Kier alpha value is -2.41. The molecule has 2 heterocycles. The first kappa shape index (κ1) is 15.5. The zero-order valence-corrected chi connectivity index (χ0v) is 13.2. The fourth-order valence-corrected chi connectivity index (χ4v) is 4.15. The molecule has 23 heavy (non-hydrogen) atoms. The van der Waals surface area contributed by atoms with Gasteiger partial charge in [-0.15, -0.1) is 0 Å². The highest BCUT2D eigenvalue weighted by Gasteiger charge is 2.27. The first-order valence-corrected chi connectivity index (χ1v) is 9.13. The Morgan fingerprint density at radius 3 is 2.48 bits per heavy atom. The molecule has 6 nitrogen and oxygen atoms in total. The fourth-order valence-electron chi connectivity index (χ4n) is 2.47. The van der Waals surface area contributed by atoms with Crippen LogP contribution in [0.4, 0.5) is 11.4 Å². The lowest BCUT2D eigenvalue weighted by atomic mass is 10.2. The molecule has 3 rings (SSSR count). The van der Waals surface area contributed by atoms with Crippen LogP contribution in [0.5, 0.6) is 0 Å². The molecule has 1 atom stereocenters. The van der Waals surface area contributed by atoms with E-state index in [9.17, 15) is 13.2 Å². The highest BCUT2D eigenvalue weighted by atomic mass is 32.2. The Kier molecular flexibility index (Phi) is 4.29. The van der Waals surface area contributed by atoms with Crippen LogP contribution in [-0.4, -0.2) is 36.9 Å². The quantitative estimate of drug-likeness (QED) is 0.894. The molecule has 1 aromatic heterocycles. The number of hydrogen-bond acceptors (Lipinski definition) is 5. The number of amides is 1. The van der Waals surface area contributed by atoms with Crippen LogP contribution in [-0.2, 0) is 9.84 Å². The van der Waals surface area contributed by atoms with Crippen molar-refractivity contribution in [3.8, 4) is 0 Å². The third-order valence-corrected chi connectivity index (χ3v) is 5.40. The lowest BCUT2D eigenvalue weighted by Gasteiger charge is -2.12. The van der Waals surface area contributed by atoms with E-state index < -0.39 is 9.84 Å². The van der Waals surface area contributed by atoms with Gasteiger partial charge in [0.15, 0.2) is 9.84 Å². The Bertz CT molecular complexity index is 789. The van der Waals surface area contributed by atoms with Gasteiger partial charge < -0.3 is 10.6 Å². The standard InChI is InChI=1S/C16H17N3O3S/c20-16(19-12-4-2-1-3-5-12)15-7-6-13(10-17-15)18-14-8-9-23(21,22)11-14/h1-7,10,14,18H,8-9,11H2,(H,19,20). The van der Waals surface area contributed by atoms with Crippen molar-refractivity contribution >= 4 is 27.1 Å². The molecule has 120 valence electrons. The Labute approximate surface area is 134 Å². The van der Waals surface area contributed by atoms with Crippen molar-refractivity contribution in [3.05, 3.63) is 54.4 Å². The van der Waals surface area contributed by atoms with Crippen molar-refractivity contribution < 1.29 is 13.2 Å². The summed E-state index contributed by atoms with van der Waals surface area (Å²) in [5.74, 6) is 0.0741. The van der Waals surface area contributed by atoms with E-state index in [0.29, 0.717) is 23.5 Å². The zero-order chi connectivity index (χ0) is 16.3. The normalized spacial score (nSPS) is 19.2. The first-order chi connectivity index (χ1) is 11.0. The van der Waals surface area contributed by atoms with Crippen LogP contribution in [0, 0.1) is 0 Å². The molecule has 2 N–H and O–H groups in total. The van der Waals surface area contributed by atoms with Gasteiger partial charge in [-0.2, -0.15) is 0 Å². The van der Waals surface area contributed by atoms with Gasteiger partial charge in [0.25, 0.3) is 5.91 Å². The number of anilines is 2. The first-order valence-electron chi connectivity index (χ1n) is 7.31. The summed E-state index contributed by atoms with van der Waals surface area (Å²) in [6.45, 7) is 0. The van der Waals surface area contributed by atoms with Crippen LogP contribution in [0.1, 0.15) is 16.9 Å². The predicted octanol–water partition coefficient (Wildman–Crippen LogP) is 1.93. The van der Waals surface area contributed by atoms with E-state index in [1.54, 1.807) is 30.5 Å². The van der Waals surface area contributed by atoms with Crippen molar-refractivity contribution in [2.24, 2.45) is 0 Å². The van der Waals surface area contributed by atoms with Gasteiger partial charge in [0, 0.05) is 11.7 Å².